The second kappa shape index (κ2) is 6.56. The van der Waals surface area contributed by atoms with Crippen LogP contribution in [0.5, 0.6) is 17.2 Å². The molecule has 0 atom stereocenters. The second-order valence-corrected chi connectivity index (χ2v) is 6.36. The summed E-state index contributed by atoms with van der Waals surface area (Å²) in [6, 6.07) is 4.05. The monoisotopic (exact) mass is 291 g/mol. The Hall–Kier alpha value is -1.42. The molecular formula is C17H25NO3. The molecule has 3 rings (SSSR count). The van der Waals surface area contributed by atoms with Crippen LogP contribution in [-0.2, 0) is 6.54 Å². The number of rotatable bonds is 6. The molecule has 1 heterocycles. The van der Waals surface area contributed by atoms with Crippen molar-refractivity contribution in [2.45, 2.75) is 52.2 Å². The summed E-state index contributed by atoms with van der Waals surface area (Å²) in [6.45, 7) is 6.53. The van der Waals surface area contributed by atoms with Crippen molar-refractivity contribution in [1.82, 2.24) is 5.32 Å². The molecule has 0 aromatic heterocycles. The molecule has 0 bridgehead atoms. The highest BCUT2D eigenvalue weighted by atomic mass is 16.7. The van der Waals surface area contributed by atoms with Crippen molar-refractivity contribution in [2.24, 2.45) is 5.92 Å². The molecule has 1 aromatic rings. The Bertz CT molecular complexity index is 481. The Morgan fingerprint density at radius 3 is 2.62 bits per heavy atom. The van der Waals surface area contributed by atoms with E-state index >= 15 is 0 Å². The van der Waals surface area contributed by atoms with Crippen LogP contribution in [0.4, 0.5) is 0 Å². The molecule has 0 unspecified atom stereocenters. The van der Waals surface area contributed by atoms with Crippen molar-refractivity contribution in [3.63, 3.8) is 0 Å². The summed E-state index contributed by atoms with van der Waals surface area (Å²) in [5.74, 6) is 3.21. The summed E-state index contributed by atoms with van der Waals surface area (Å²) in [7, 11) is 0. The minimum absolute atomic E-state index is 0.307. The molecule has 116 valence electrons. The summed E-state index contributed by atoms with van der Waals surface area (Å²) in [6.07, 6.45) is 5.22. The smallest absolute Gasteiger partial charge is 0.231 e. The van der Waals surface area contributed by atoms with Crippen LogP contribution >= 0.6 is 0 Å². The minimum atomic E-state index is 0.307. The van der Waals surface area contributed by atoms with Crippen LogP contribution in [0.25, 0.3) is 0 Å². The van der Waals surface area contributed by atoms with E-state index in [0.717, 1.165) is 48.7 Å². The first-order valence-corrected chi connectivity index (χ1v) is 8.02. The van der Waals surface area contributed by atoms with Gasteiger partial charge in [-0.25, -0.2) is 0 Å². The lowest BCUT2D eigenvalue weighted by Crippen LogP contribution is -2.20. The van der Waals surface area contributed by atoms with Gasteiger partial charge in [-0.2, -0.15) is 0 Å². The predicted octanol–water partition coefficient (Wildman–Crippen LogP) is 3.48. The summed E-state index contributed by atoms with van der Waals surface area (Å²) in [4.78, 5) is 0. The lowest BCUT2D eigenvalue weighted by Gasteiger charge is -2.18. The molecule has 0 amide bonds. The first-order valence-electron chi connectivity index (χ1n) is 8.02. The molecule has 1 N–H and O–H groups in total. The molecule has 2 aliphatic rings. The molecule has 1 saturated carbocycles. The Kier molecular flexibility index (Phi) is 4.54. The molecule has 0 radical (unpaired) electrons. The fourth-order valence-electron chi connectivity index (χ4n) is 2.89. The maximum atomic E-state index is 6.21. The molecule has 4 heteroatoms. The fraction of sp³-hybridized carbons (Fsp3) is 0.647. The van der Waals surface area contributed by atoms with Crippen molar-refractivity contribution < 1.29 is 14.2 Å². The predicted molar refractivity (Wildman–Crippen MR) is 82.0 cm³/mol. The maximum Gasteiger partial charge on any atom is 0.231 e. The van der Waals surface area contributed by atoms with Crippen LogP contribution in [-0.4, -0.2) is 19.4 Å². The van der Waals surface area contributed by atoms with Gasteiger partial charge >= 0.3 is 0 Å². The van der Waals surface area contributed by atoms with Crippen molar-refractivity contribution in [3.05, 3.63) is 17.7 Å². The van der Waals surface area contributed by atoms with Gasteiger partial charge in [-0.15, -0.1) is 0 Å². The van der Waals surface area contributed by atoms with E-state index in [2.05, 4.69) is 25.2 Å². The molecule has 0 spiro atoms. The molecule has 1 fully saturated rings. The van der Waals surface area contributed by atoms with E-state index in [1.54, 1.807) is 0 Å². The maximum absolute atomic E-state index is 6.21. The molecule has 4 nitrogen and oxygen atoms in total. The number of hydrogen-bond donors (Lipinski definition) is 1. The zero-order chi connectivity index (χ0) is 14.7. The number of ether oxygens (including phenoxy) is 3. The SMILES string of the molecule is CC(C)CNCc1cc2c(cc1OC1CCCC1)OCO2. The lowest BCUT2D eigenvalue weighted by atomic mass is 10.1. The van der Waals surface area contributed by atoms with E-state index in [9.17, 15) is 0 Å². The van der Waals surface area contributed by atoms with E-state index in [0.29, 0.717) is 18.8 Å². The second-order valence-electron chi connectivity index (χ2n) is 6.36. The summed E-state index contributed by atoms with van der Waals surface area (Å²) in [5, 5.41) is 3.48. The normalized spacial score (nSPS) is 17.7. The van der Waals surface area contributed by atoms with E-state index in [-0.39, 0.29) is 0 Å². The Balaban J connectivity index is 1.74. The third-order valence-corrected chi connectivity index (χ3v) is 4.02. The lowest BCUT2D eigenvalue weighted by molar-refractivity contribution is 0.173. The van der Waals surface area contributed by atoms with Gasteiger partial charge in [0, 0.05) is 18.2 Å². The molecular weight excluding hydrogens is 266 g/mol. The summed E-state index contributed by atoms with van der Waals surface area (Å²) >= 11 is 0. The first-order chi connectivity index (χ1) is 10.2. The topological polar surface area (TPSA) is 39.7 Å². The average Bonchev–Trinajstić information content (AvgIpc) is 3.09. The van der Waals surface area contributed by atoms with Crippen LogP contribution in [0.2, 0.25) is 0 Å². The molecule has 1 aromatic carbocycles. The Morgan fingerprint density at radius 2 is 1.90 bits per heavy atom. The van der Waals surface area contributed by atoms with E-state index < -0.39 is 0 Å². The van der Waals surface area contributed by atoms with Gasteiger partial charge in [-0.3, -0.25) is 0 Å². The number of fused-ring (bicyclic) bond motifs is 1. The third-order valence-electron chi connectivity index (χ3n) is 4.02. The summed E-state index contributed by atoms with van der Waals surface area (Å²) in [5.41, 5.74) is 1.16. The number of hydrogen-bond acceptors (Lipinski definition) is 4. The molecule has 0 saturated heterocycles. The quantitative estimate of drug-likeness (QED) is 0.871. The van der Waals surface area contributed by atoms with Gasteiger partial charge in [-0.05, 0) is 44.2 Å². The highest BCUT2D eigenvalue weighted by molar-refractivity contribution is 5.52. The van der Waals surface area contributed by atoms with Crippen molar-refractivity contribution in [2.75, 3.05) is 13.3 Å². The minimum Gasteiger partial charge on any atom is -0.490 e. The number of benzene rings is 1. The third kappa shape index (κ3) is 3.62. The first kappa shape index (κ1) is 14.5. The van der Waals surface area contributed by atoms with E-state index in [1.807, 2.05) is 6.07 Å². The average molecular weight is 291 g/mol. The van der Waals surface area contributed by atoms with E-state index in [1.165, 1.54) is 12.8 Å². The van der Waals surface area contributed by atoms with Gasteiger partial charge in [0.05, 0.1) is 6.10 Å². The van der Waals surface area contributed by atoms with Crippen LogP contribution in [0.15, 0.2) is 12.1 Å². The largest absolute Gasteiger partial charge is 0.490 e. The zero-order valence-electron chi connectivity index (χ0n) is 13.0. The van der Waals surface area contributed by atoms with Gasteiger partial charge in [0.15, 0.2) is 11.5 Å². The fourth-order valence-corrected chi connectivity index (χ4v) is 2.89. The molecule has 1 aliphatic carbocycles. The van der Waals surface area contributed by atoms with Crippen LogP contribution in [0.1, 0.15) is 45.1 Å². The Labute approximate surface area is 126 Å². The van der Waals surface area contributed by atoms with Gasteiger partial charge < -0.3 is 19.5 Å². The highest BCUT2D eigenvalue weighted by Crippen LogP contribution is 2.39. The van der Waals surface area contributed by atoms with Crippen molar-refractivity contribution in [1.29, 1.82) is 0 Å². The van der Waals surface area contributed by atoms with Crippen molar-refractivity contribution in [3.8, 4) is 17.2 Å². The van der Waals surface area contributed by atoms with Crippen LogP contribution in [0.3, 0.4) is 0 Å². The van der Waals surface area contributed by atoms with Crippen LogP contribution in [0, 0.1) is 5.92 Å². The Morgan fingerprint density at radius 1 is 1.19 bits per heavy atom. The van der Waals surface area contributed by atoms with Crippen LogP contribution < -0.4 is 19.5 Å². The zero-order valence-corrected chi connectivity index (χ0v) is 13.0. The highest BCUT2D eigenvalue weighted by Gasteiger charge is 2.22. The van der Waals surface area contributed by atoms with Gasteiger partial charge in [0.25, 0.3) is 0 Å². The van der Waals surface area contributed by atoms with E-state index in [4.69, 9.17) is 14.2 Å². The standard InChI is InChI=1S/C17H25NO3/c1-12(2)9-18-10-13-7-16-17(20-11-19-16)8-15(13)21-14-5-3-4-6-14/h7-8,12,14,18H,3-6,9-11H2,1-2H3. The van der Waals surface area contributed by atoms with Gasteiger partial charge in [0.1, 0.15) is 5.75 Å². The molecule has 21 heavy (non-hydrogen) atoms. The van der Waals surface area contributed by atoms with Gasteiger partial charge in [0.2, 0.25) is 6.79 Å². The molecule has 1 aliphatic heterocycles. The van der Waals surface area contributed by atoms with Crippen molar-refractivity contribution >= 4 is 0 Å². The van der Waals surface area contributed by atoms with Gasteiger partial charge in [-0.1, -0.05) is 13.8 Å². The number of nitrogens with one attached hydrogen (secondary N) is 1. The summed E-state index contributed by atoms with van der Waals surface area (Å²) < 4.78 is 17.2.